The molecule has 0 bridgehead atoms. The van der Waals surface area contributed by atoms with E-state index in [1.807, 2.05) is 13.8 Å². The molecule has 2 heteroatoms. The Hall–Kier alpha value is -0.0800. The van der Waals surface area contributed by atoms with Crippen molar-refractivity contribution in [2.75, 3.05) is 26.2 Å². The fourth-order valence-corrected chi connectivity index (χ4v) is 1.79. The zero-order chi connectivity index (χ0) is 8.16. The van der Waals surface area contributed by atoms with E-state index in [0.29, 0.717) is 0 Å². The number of nitrogens with one attached hydrogen (secondary N) is 2. The molecule has 2 aliphatic rings. The van der Waals surface area contributed by atoms with Crippen LogP contribution < -0.4 is 10.6 Å². The van der Waals surface area contributed by atoms with Gasteiger partial charge < -0.3 is 10.6 Å². The Labute approximate surface area is 69.8 Å². The third kappa shape index (κ3) is 1.94. The Morgan fingerprint density at radius 3 is 1.73 bits per heavy atom. The van der Waals surface area contributed by atoms with Crippen molar-refractivity contribution in [1.82, 2.24) is 10.6 Å². The average Bonchev–Trinajstić information content (AvgIpc) is 2.07. The highest BCUT2D eigenvalue weighted by Gasteiger charge is 2.37. The summed E-state index contributed by atoms with van der Waals surface area (Å²) < 4.78 is 0. The first kappa shape index (κ1) is 9.01. The zero-order valence-electron chi connectivity index (χ0n) is 7.74. The molecule has 0 aliphatic carbocycles. The molecule has 0 aromatic heterocycles. The van der Waals surface area contributed by atoms with Crippen molar-refractivity contribution in [2.45, 2.75) is 26.7 Å². The minimum Gasteiger partial charge on any atom is -0.317 e. The molecule has 0 aromatic rings. The van der Waals surface area contributed by atoms with Crippen LogP contribution in [-0.4, -0.2) is 26.2 Å². The first-order chi connectivity index (χ1) is 5.41. The summed E-state index contributed by atoms with van der Waals surface area (Å²) >= 11 is 0. The monoisotopic (exact) mass is 156 g/mol. The highest BCUT2D eigenvalue weighted by atomic mass is 15.0. The molecule has 2 aliphatic heterocycles. The molecule has 2 saturated heterocycles. The number of piperidine rings is 1. The Balaban J connectivity index is 0.000000281. The fraction of sp³-hybridized carbons (Fsp3) is 1.00. The molecule has 0 radical (unpaired) electrons. The maximum absolute atomic E-state index is 3.38. The number of hydrogen-bond acceptors (Lipinski definition) is 2. The summed E-state index contributed by atoms with van der Waals surface area (Å²) in [5.41, 5.74) is 0.727. The lowest BCUT2D eigenvalue weighted by Gasteiger charge is -2.45. The molecule has 0 unspecified atom stereocenters. The van der Waals surface area contributed by atoms with Crippen LogP contribution in [0.5, 0.6) is 0 Å². The molecule has 2 fully saturated rings. The van der Waals surface area contributed by atoms with Gasteiger partial charge >= 0.3 is 0 Å². The topological polar surface area (TPSA) is 24.1 Å². The summed E-state index contributed by atoms with van der Waals surface area (Å²) in [5.74, 6) is 0. The molecule has 0 atom stereocenters. The van der Waals surface area contributed by atoms with E-state index in [9.17, 15) is 0 Å². The van der Waals surface area contributed by atoms with Crippen LogP contribution in [0.2, 0.25) is 0 Å². The second-order valence-corrected chi connectivity index (χ2v) is 3.35. The van der Waals surface area contributed by atoms with Crippen LogP contribution >= 0.6 is 0 Å². The van der Waals surface area contributed by atoms with Crippen LogP contribution in [0.1, 0.15) is 26.7 Å². The van der Waals surface area contributed by atoms with Gasteiger partial charge in [0.15, 0.2) is 0 Å². The van der Waals surface area contributed by atoms with E-state index in [4.69, 9.17) is 0 Å². The van der Waals surface area contributed by atoms with Gasteiger partial charge in [-0.25, -0.2) is 0 Å². The van der Waals surface area contributed by atoms with E-state index in [1.54, 1.807) is 0 Å². The van der Waals surface area contributed by atoms with E-state index in [-0.39, 0.29) is 0 Å². The van der Waals surface area contributed by atoms with Crippen LogP contribution in [0.4, 0.5) is 0 Å². The van der Waals surface area contributed by atoms with Crippen LogP contribution in [0.15, 0.2) is 0 Å². The third-order valence-corrected chi connectivity index (χ3v) is 2.66. The van der Waals surface area contributed by atoms with Crippen LogP contribution in [0, 0.1) is 5.41 Å². The van der Waals surface area contributed by atoms with E-state index in [2.05, 4.69) is 10.6 Å². The summed E-state index contributed by atoms with van der Waals surface area (Å²) in [4.78, 5) is 0. The van der Waals surface area contributed by atoms with E-state index >= 15 is 0 Å². The van der Waals surface area contributed by atoms with Gasteiger partial charge in [-0.05, 0) is 31.3 Å². The molecule has 11 heavy (non-hydrogen) atoms. The van der Waals surface area contributed by atoms with Crippen molar-refractivity contribution in [1.29, 1.82) is 0 Å². The minimum absolute atomic E-state index is 0.727. The first-order valence-electron chi connectivity index (χ1n) is 4.83. The van der Waals surface area contributed by atoms with E-state index in [1.165, 1.54) is 39.0 Å². The molecule has 2 nitrogen and oxygen atoms in total. The van der Waals surface area contributed by atoms with Gasteiger partial charge in [-0.15, -0.1) is 0 Å². The lowest BCUT2D eigenvalue weighted by Crippen LogP contribution is -2.57. The van der Waals surface area contributed by atoms with Gasteiger partial charge in [0.1, 0.15) is 0 Å². The highest BCUT2D eigenvalue weighted by Crippen LogP contribution is 2.31. The first-order valence-corrected chi connectivity index (χ1v) is 4.83. The second kappa shape index (κ2) is 4.07. The predicted molar refractivity (Wildman–Crippen MR) is 48.8 cm³/mol. The summed E-state index contributed by atoms with van der Waals surface area (Å²) in [6.45, 7) is 9.02. The average molecular weight is 156 g/mol. The van der Waals surface area contributed by atoms with E-state index in [0.717, 1.165) is 5.41 Å². The van der Waals surface area contributed by atoms with Gasteiger partial charge in [-0.1, -0.05) is 13.8 Å². The highest BCUT2D eigenvalue weighted by molar-refractivity contribution is 4.94. The zero-order valence-corrected chi connectivity index (χ0v) is 7.74. The summed E-state index contributed by atoms with van der Waals surface area (Å²) in [6.07, 6.45) is 2.78. The lowest BCUT2D eigenvalue weighted by molar-refractivity contribution is 0.116. The molecule has 2 N–H and O–H groups in total. The molecule has 0 saturated carbocycles. The third-order valence-electron chi connectivity index (χ3n) is 2.66. The number of hydrogen-bond donors (Lipinski definition) is 2. The molecule has 1 spiro atoms. The summed E-state index contributed by atoms with van der Waals surface area (Å²) in [7, 11) is 0. The Kier molecular flexibility index (Phi) is 3.34. The Morgan fingerprint density at radius 2 is 1.45 bits per heavy atom. The quantitative estimate of drug-likeness (QED) is 0.546. The summed E-state index contributed by atoms with van der Waals surface area (Å²) in [5, 5.41) is 6.72. The van der Waals surface area contributed by atoms with Crippen molar-refractivity contribution < 1.29 is 0 Å². The maximum Gasteiger partial charge on any atom is 0.00212 e. The van der Waals surface area contributed by atoms with Gasteiger partial charge in [-0.2, -0.15) is 0 Å². The van der Waals surface area contributed by atoms with Crippen molar-refractivity contribution in [3.63, 3.8) is 0 Å². The van der Waals surface area contributed by atoms with Crippen molar-refractivity contribution in [2.24, 2.45) is 5.41 Å². The fourth-order valence-electron chi connectivity index (χ4n) is 1.79. The lowest BCUT2D eigenvalue weighted by atomic mass is 9.74. The summed E-state index contributed by atoms with van der Waals surface area (Å²) in [6, 6.07) is 0. The molecular formula is C9H20N2. The predicted octanol–water partition coefficient (Wildman–Crippen LogP) is 0.986. The molecule has 2 rings (SSSR count). The smallest absolute Gasteiger partial charge is 0.00212 e. The van der Waals surface area contributed by atoms with Crippen molar-refractivity contribution in [3.8, 4) is 0 Å². The Morgan fingerprint density at radius 1 is 0.909 bits per heavy atom. The van der Waals surface area contributed by atoms with Crippen molar-refractivity contribution in [3.05, 3.63) is 0 Å². The standard InChI is InChI=1S/C7H14N2.C2H6/c1-3-8-4-2-7(1)5-9-6-7;1-2/h8-9H,1-6H2;1-2H3. The largest absolute Gasteiger partial charge is 0.317 e. The van der Waals surface area contributed by atoms with Crippen LogP contribution in [0.25, 0.3) is 0 Å². The van der Waals surface area contributed by atoms with Gasteiger partial charge in [-0.3, -0.25) is 0 Å². The number of rotatable bonds is 0. The molecule has 0 amide bonds. The second-order valence-electron chi connectivity index (χ2n) is 3.35. The minimum atomic E-state index is 0.727. The van der Waals surface area contributed by atoms with E-state index < -0.39 is 0 Å². The van der Waals surface area contributed by atoms with Crippen molar-refractivity contribution >= 4 is 0 Å². The van der Waals surface area contributed by atoms with Gasteiger partial charge in [0.05, 0.1) is 0 Å². The van der Waals surface area contributed by atoms with Crippen LogP contribution in [0.3, 0.4) is 0 Å². The maximum atomic E-state index is 3.38. The Bertz CT molecular complexity index is 100. The van der Waals surface area contributed by atoms with Gasteiger partial charge in [0.2, 0.25) is 0 Å². The molecule has 0 aromatic carbocycles. The van der Waals surface area contributed by atoms with Gasteiger partial charge in [0, 0.05) is 13.1 Å². The molecule has 2 heterocycles. The normalized spacial score (nSPS) is 26.7. The molecular weight excluding hydrogens is 136 g/mol. The van der Waals surface area contributed by atoms with Gasteiger partial charge in [0.25, 0.3) is 0 Å². The molecule has 66 valence electrons. The van der Waals surface area contributed by atoms with Crippen LogP contribution in [-0.2, 0) is 0 Å². The SMILES string of the molecule is C1CC2(CCN1)CNC2.CC.